The van der Waals surface area contributed by atoms with Crippen molar-refractivity contribution in [2.24, 2.45) is 5.29 Å². The first-order valence-corrected chi connectivity index (χ1v) is 7.54. The van der Waals surface area contributed by atoms with Crippen molar-refractivity contribution in [2.75, 3.05) is 7.05 Å². The Hall–Kier alpha value is -2.94. The van der Waals surface area contributed by atoms with Crippen LogP contribution in [0.15, 0.2) is 96.3 Å². The summed E-state index contributed by atoms with van der Waals surface area (Å²) in [6.45, 7) is 0. The molecule has 0 bridgehead atoms. The lowest BCUT2D eigenvalue weighted by Crippen LogP contribution is -2.42. The lowest BCUT2D eigenvalue weighted by molar-refractivity contribution is 0.205. The summed E-state index contributed by atoms with van der Waals surface area (Å²) in [4.78, 5) is 11.5. The largest absolute Gasteiger partial charge is 0.244 e. The predicted octanol–water partition coefficient (Wildman–Crippen LogP) is 4.59. The van der Waals surface area contributed by atoms with Crippen molar-refractivity contribution < 1.29 is 0 Å². The summed E-state index contributed by atoms with van der Waals surface area (Å²) in [5, 5.41) is 4.77. The lowest BCUT2D eigenvalue weighted by atomic mass is 9.76. The van der Waals surface area contributed by atoms with Crippen molar-refractivity contribution in [2.45, 2.75) is 5.54 Å². The maximum absolute atomic E-state index is 11.5. The molecule has 3 rings (SSSR count). The van der Waals surface area contributed by atoms with Gasteiger partial charge in [0.15, 0.2) is 0 Å². The summed E-state index contributed by atoms with van der Waals surface area (Å²) in [5.74, 6) is 0. The minimum Gasteiger partial charge on any atom is -0.244 e. The van der Waals surface area contributed by atoms with E-state index >= 15 is 0 Å². The molecule has 114 valence electrons. The van der Waals surface area contributed by atoms with Crippen molar-refractivity contribution in [1.82, 2.24) is 5.01 Å². The van der Waals surface area contributed by atoms with Crippen LogP contribution in [0.5, 0.6) is 0 Å². The fourth-order valence-corrected chi connectivity index (χ4v) is 3.16. The third-order valence-corrected chi connectivity index (χ3v) is 4.18. The minimum atomic E-state index is -0.758. The van der Waals surface area contributed by atoms with Crippen molar-refractivity contribution >= 4 is 0 Å². The van der Waals surface area contributed by atoms with Crippen LogP contribution >= 0.6 is 0 Å². The molecule has 0 saturated heterocycles. The summed E-state index contributed by atoms with van der Waals surface area (Å²) in [5.41, 5.74) is 2.24. The molecule has 0 aliphatic heterocycles. The first kappa shape index (κ1) is 15.0. The Morgan fingerprint density at radius 3 is 1.22 bits per heavy atom. The van der Waals surface area contributed by atoms with Gasteiger partial charge in [-0.05, 0) is 16.7 Å². The molecule has 0 N–H and O–H groups in total. The molecule has 3 heteroatoms. The molecule has 0 aromatic heterocycles. The van der Waals surface area contributed by atoms with Crippen molar-refractivity contribution in [3.8, 4) is 0 Å². The molecule has 0 spiro atoms. The van der Waals surface area contributed by atoms with Crippen molar-refractivity contribution in [3.63, 3.8) is 0 Å². The molecule has 0 saturated carbocycles. The molecule has 0 aliphatic carbocycles. The molecule has 0 aliphatic rings. The summed E-state index contributed by atoms with van der Waals surface area (Å²) in [7, 11) is 1.72. The quantitative estimate of drug-likeness (QED) is 0.392. The Kier molecular flexibility index (Phi) is 4.20. The van der Waals surface area contributed by atoms with Crippen molar-refractivity contribution in [3.05, 3.63) is 113 Å². The van der Waals surface area contributed by atoms with Crippen LogP contribution in [0.2, 0.25) is 0 Å². The number of benzene rings is 3. The highest BCUT2D eigenvalue weighted by Gasteiger charge is 2.41. The molecule has 0 radical (unpaired) electrons. The van der Waals surface area contributed by atoms with E-state index in [2.05, 4.69) is 5.29 Å². The Labute approximate surface area is 136 Å². The average molecular weight is 302 g/mol. The van der Waals surface area contributed by atoms with Gasteiger partial charge < -0.3 is 0 Å². The third kappa shape index (κ3) is 2.50. The van der Waals surface area contributed by atoms with Crippen LogP contribution in [-0.2, 0) is 5.54 Å². The van der Waals surface area contributed by atoms with E-state index in [0.29, 0.717) is 0 Å². The zero-order valence-corrected chi connectivity index (χ0v) is 13.0. The van der Waals surface area contributed by atoms with Gasteiger partial charge in [-0.1, -0.05) is 91.0 Å². The maximum Gasteiger partial charge on any atom is 0.136 e. The van der Waals surface area contributed by atoms with Gasteiger partial charge >= 0.3 is 0 Å². The van der Waals surface area contributed by atoms with Gasteiger partial charge in [-0.3, -0.25) is 0 Å². The first-order chi connectivity index (χ1) is 11.3. The van der Waals surface area contributed by atoms with Crippen LogP contribution in [0.1, 0.15) is 16.7 Å². The second-order valence-electron chi connectivity index (χ2n) is 5.41. The molecule has 0 heterocycles. The monoisotopic (exact) mass is 302 g/mol. The van der Waals surface area contributed by atoms with Gasteiger partial charge in [0, 0.05) is 7.05 Å². The van der Waals surface area contributed by atoms with E-state index in [4.69, 9.17) is 0 Å². The summed E-state index contributed by atoms with van der Waals surface area (Å²) >= 11 is 0. The Morgan fingerprint density at radius 2 is 0.957 bits per heavy atom. The molecular weight excluding hydrogens is 284 g/mol. The van der Waals surface area contributed by atoms with E-state index in [1.165, 1.54) is 5.01 Å². The van der Waals surface area contributed by atoms with Crippen LogP contribution < -0.4 is 0 Å². The van der Waals surface area contributed by atoms with E-state index in [-0.39, 0.29) is 0 Å². The van der Waals surface area contributed by atoms with Gasteiger partial charge in [0.25, 0.3) is 0 Å². The highest BCUT2D eigenvalue weighted by Crippen LogP contribution is 2.41. The Morgan fingerprint density at radius 1 is 0.652 bits per heavy atom. The molecule has 3 aromatic rings. The van der Waals surface area contributed by atoms with Gasteiger partial charge in [-0.25, -0.2) is 5.01 Å². The fourth-order valence-electron chi connectivity index (χ4n) is 3.16. The topological polar surface area (TPSA) is 32.7 Å². The van der Waals surface area contributed by atoms with Gasteiger partial charge in [0.05, 0.1) is 5.29 Å². The molecular formula is C20H18N2O. The van der Waals surface area contributed by atoms with Crippen LogP contribution in [0.3, 0.4) is 0 Å². The van der Waals surface area contributed by atoms with Gasteiger partial charge in [-0.2, -0.15) is 0 Å². The number of hydrogen-bond acceptors (Lipinski definition) is 2. The number of rotatable bonds is 5. The van der Waals surface area contributed by atoms with E-state index < -0.39 is 5.54 Å². The van der Waals surface area contributed by atoms with Gasteiger partial charge in [0.1, 0.15) is 5.54 Å². The van der Waals surface area contributed by atoms with E-state index in [1.807, 2.05) is 91.0 Å². The standard InChI is InChI=1S/C20H18N2O/c1-22(21-23)20(17-11-5-2-6-12-17,18-13-7-3-8-14-18)19-15-9-4-10-16-19/h2-16H,1H3. The normalized spacial score (nSPS) is 11.0. The Balaban J connectivity index is 2.38. The molecule has 0 fully saturated rings. The molecule has 3 nitrogen and oxygen atoms in total. The van der Waals surface area contributed by atoms with E-state index in [9.17, 15) is 4.91 Å². The van der Waals surface area contributed by atoms with Crippen LogP contribution in [-0.4, -0.2) is 12.1 Å². The summed E-state index contributed by atoms with van der Waals surface area (Å²) in [6, 6.07) is 30.0. The summed E-state index contributed by atoms with van der Waals surface area (Å²) < 4.78 is 0. The third-order valence-electron chi connectivity index (χ3n) is 4.18. The highest BCUT2D eigenvalue weighted by molar-refractivity contribution is 5.49. The SMILES string of the molecule is CN(N=O)C(c1ccccc1)(c1ccccc1)c1ccccc1. The Bertz CT molecular complexity index is 661. The van der Waals surface area contributed by atoms with Gasteiger partial charge in [0.2, 0.25) is 0 Å². The van der Waals surface area contributed by atoms with Gasteiger partial charge in [-0.15, -0.1) is 4.91 Å². The van der Waals surface area contributed by atoms with Crippen LogP contribution in [0, 0.1) is 4.91 Å². The maximum atomic E-state index is 11.5. The minimum absolute atomic E-state index is 0.758. The smallest absolute Gasteiger partial charge is 0.136 e. The van der Waals surface area contributed by atoms with E-state index in [1.54, 1.807) is 7.05 Å². The number of hydrogen-bond donors (Lipinski definition) is 0. The van der Waals surface area contributed by atoms with Crippen molar-refractivity contribution in [1.29, 1.82) is 0 Å². The lowest BCUT2D eigenvalue weighted by Gasteiger charge is -2.40. The fraction of sp³-hybridized carbons (Fsp3) is 0.100. The second kappa shape index (κ2) is 6.44. The highest BCUT2D eigenvalue weighted by atomic mass is 16.3. The zero-order valence-electron chi connectivity index (χ0n) is 13.0. The second-order valence-corrected chi connectivity index (χ2v) is 5.41. The average Bonchev–Trinajstić information content (AvgIpc) is 2.65. The number of nitrogens with zero attached hydrogens (tertiary/aromatic N) is 2. The molecule has 23 heavy (non-hydrogen) atoms. The van der Waals surface area contributed by atoms with E-state index in [0.717, 1.165) is 16.7 Å². The first-order valence-electron chi connectivity index (χ1n) is 7.54. The zero-order chi connectivity index (χ0) is 16.1. The predicted molar refractivity (Wildman–Crippen MR) is 92.8 cm³/mol. The molecule has 3 aromatic carbocycles. The molecule has 0 amide bonds. The molecule has 0 unspecified atom stereocenters. The van der Waals surface area contributed by atoms with Crippen LogP contribution in [0.25, 0.3) is 0 Å². The molecule has 0 atom stereocenters. The van der Waals surface area contributed by atoms with Crippen LogP contribution in [0.4, 0.5) is 0 Å². The number of nitroso groups, excluding NO2 is 1. The summed E-state index contributed by atoms with van der Waals surface area (Å²) in [6.07, 6.45) is 0.